The quantitative estimate of drug-likeness (QED) is 0.808. The van der Waals surface area contributed by atoms with E-state index >= 15 is 0 Å². The number of hydrogen-bond acceptors (Lipinski definition) is 2. The zero-order chi connectivity index (χ0) is 9.42. The number of nitrogens with zero attached hydrogens (tertiary/aromatic N) is 1. The maximum Gasteiger partial charge on any atom is 0.141 e. The van der Waals surface area contributed by atoms with Gasteiger partial charge in [0.1, 0.15) is 11.3 Å². The number of phenolic OH excluding ortho intramolecular Hbond substituents is 1. The molecule has 0 atom stereocenters. The van der Waals surface area contributed by atoms with Gasteiger partial charge in [0.25, 0.3) is 0 Å². The number of pyridine rings is 1. The number of aromatic nitrogens is 1. The molecule has 0 radical (unpaired) electrons. The summed E-state index contributed by atoms with van der Waals surface area (Å²) in [6.07, 6.45) is 1.65. The number of rotatable bonds is 0. The molecule has 1 heterocycles. The lowest BCUT2D eigenvalue weighted by Gasteiger charge is -2.03. The lowest BCUT2D eigenvalue weighted by atomic mass is 10.2. The van der Waals surface area contributed by atoms with Crippen LogP contribution in [-0.4, -0.2) is 10.1 Å². The van der Waals surface area contributed by atoms with Crippen LogP contribution < -0.4 is 0 Å². The zero-order valence-electron chi connectivity index (χ0n) is 6.46. The van der Waals surface area contributed by atoms with E-state index in [-0.39, 0.29) is 5.75 Å². The van der Waals surface area contributed by atoms with Gasteiger partial charge in [0.05, 0.1) is 0 Å². The highest BCUT2D eigenvalue weighted by Gasteiger charge is 2.06. The van der Waals surface area contributed by atoms with Crippen molar-refractivity contribution in [3.63, 3.8) is 0 Å². The normalized spacial score (nSPS) is 10.6. The first-order valence-corrected chi connectivity index (χ1v) is 5.20. The van der Waals surface area contributed by atoms with Gasteiger partial charge in [-0.25, -0.2) is 0 Å². The van der Waals surface area contributed by atoms with Gasteiger partial charge in [0, 0.05) is 20.5 Å². The van der Waals surface area contributed by atoms with Crippen LogP contribution in [0, 0.1) is 0 Å². The zero-order valence-corrected chi connectivity index (χ0v) is 9.63. The number of fused-ring (bicyclic) bond motifs is 1. The van der Waals surface area contributed by atoms with Crippen molar-refractivity contribution < 1.29 is 5.11 Å². The third kappa shape index (κ3) is 1.44. The van der Waals surface area contributed by atoms with E-state index in [4.69, 9.17) is 0 Å². The van der Waals surface area contributed by atoms with Gasteiger partial charge in [0.15, 0.2) is 0 Å². The van der Waals surface area contributed by atoms with E-state index in [1.54, 1.807) is 18.3 Å². The monoisotopic (exact) mass is 301 g/mol. The average Bonchev–Trinajstić information content (AvgIpc) is 2.12. The second-order valence-corrected chi connectivity index (χ2v) is 4.29. The van der Waals surface area contributed by atoms with Crippen LogP contribution in [0.15, 0.2) is 33.3 Å². The molecule has 0 spiro atoms. The van der Waals surface area contributed by atoms with Crippen molar-refractivity contribution in [2.75, 3.05) is 0 Å². The fraction of sp³-hybridized carbons (Fsp3) is 0. The predicted octanol–water partition coefficient (Wildman–Crippen LogP) is 3.47. The maximum absolute atomic E-state index is 9.52. The molecule has 13 heavy (non-hydrogen) atoms. The van der Waals surface area contributed by atoms with Crippen molar-refractivity contribution in [3.8, 4) is 5.75 Å². The topological polar surface area (TPSA) is 33.1 Å². The summed E-state index contributed by atoms with van der Waals surface area (Å²) in [5, 5.41) is 10.4. The Morgan fingerprint density at radius 2 is 1.77 bits per heavy atom. The Morgan fingerprint density at radius 3 is 2.46 bits per heavy atom. The van der Waals surface area contributed by atoms with Crippen LogP contribution in [0.4, 0.5) is 0 Å². The molecule has 1 aromatic heterocycles. The molecule has 0 aliphatic carbocycles. The second kappa shape index (κ2) is 3.27. The van der Waals surface area contributed by atoms with E-state index in [9.17, 15) is 5.11 Å². The number of aromatic hydroxyl groups is 1. The summed E-state index contributed by atoms with van der Waals surface area (Å²) in [7, 11) is 0. The van der Waals surface area contributed by atoms with E-state index in [0.29, 0.717) is 5.52 Å². The highest BCUT2D eigenvalue weighted by Crippen LogP contribution is 2.33. The molecule has 1 N–H and O–H groups in total. The SMILES string of the molecule is Oc1ccc(Br)c2c(Br)ccnc12. The van der Waals surface area contributed by atoms with Gasteiger partial charge in [-0.15, -0.1) is 0 Å². The molecule has 0 unspecified atom stereocenters. The van der Waals surface area contributed by atoms with Gasteiger partial charge in [0.2, 0.25) is 0 Å². The Balaban J connectivity index is 3.00. The molecule has 0 aliphatic rings. The number of benzene rings is 1. The molecule has 0 fully saturated rings. The minimum Gasteiger partial charge on any atom is -0.506 e. The Labute approximate surface area is 91.9 Å². The molecule has 0 saturated carbocycles. The molecule has 0 amide bonds. The van der Waals surface area contributed by atoms with Crippen molar-refractivity contribution in [2.24, 2.45) is 0 Å². The molecule has 4 heteroatoms. The molecule has 66 valence electrons. The fourth-order valence-corrected chi connectivity index (χ4v) is 2.49. The Morgan fingerprint density at radius 1 is 1.08 bits per heavy atom. The molecular formula is C9H5Br2NO. The first-order chi connectivity index (χ1) is 6.20. The molecule has 0 aliphatic heterocycles. The summed E-state index contributed by atoms with van der Waals surface area (Å²) >= 11 is 6.80. The maximum atomic E-state index is 9.52. The summed E-state index contributed by atoms with van der Waals surface area (Å²) in [6.45, 7) is 0. The van der Waals surface area contributed by atoms with Crippen LogP contribution in [0.5, 0.6) is 5.75 Å². The number of hydrogen-bond donors (Lipinski definition) is 1. The lowest BCUT2D eigenvalue weighted by molar-refractivity contribution is 0.480. The van der Waals surface area contributed by atoms with Crippen molar-refractivity contribution in [1.29, 1.82) is 0 Å². The van der Waals surface area contributed by atoms with Gasteiger partial charge in [-0.1, -0.05) is 15.9 Å². The standard InChI is InChI=1S/C9H5Br2NO/c10-5-1-2-7(13)9-8(5)6(11)3-4-12-9/h1-4,13H. The molecule has 2 nitrogen and oxygen atoms in total. The van der Waals surface area contributed by atoms with Crippen molar-refractivity contribution in [3.05, 3.63) is 33.3 Å². The smallest absolute Gasteiger partial charge is 0.141 e. The Hall–Kier alpha value is -0.610. The molecular weight excluding hydrogens is 298 g/mol. The van der Waals surface area contributed by atoms with Crippen LogP contribution in [0.3, 0.4) is 0 Å². The number of halogens is 2. The van der Waals surface area contributed by atoms with Gasteiger partial charge in [-0.05, 0) is 34.1 Å². The summed E-state index contributed by atoms with van der Waals surface area (Å²) in [5.41, 5.74) is 0.601. The second-order valence-electron chi connectivity index (χ2n) is 2.58. The largest absolute Gasteiger partial charge is 0.506 e. The summed E-state index contributed by atoms with van der Waals surface area (Å²) in [4.78, 5) is 4.09. The van der Waals surface area contributed by atoms with Crippen molar-refractivity contribution in [1.82, 2.24) is 4.98 Å². The van der Waals surface area contributed by atoms with Crippen LogP contribution in [-0.2, 0) is 0 Å². The van der Waals surface area contributed by atoms with E-state index < -0.39 is 0 Å². The molecule has 2 aromatic rings. The number of phenols is 1. The Bertz CT molecular complexity index is 462. The highest BCUT2D eigenvalue weighted by molar-refractivity contribution is 9.11. The summed E-state index contributed by atoms with van der Waals surface area (Å²) in [6, 6.07) is 5.25. The van der Waals surface area contributed by atoms with Crippen LogP contribution in [0.25, 0.3) is 10.9 Å². The van der Waals surface area contributed by atoms with Gasteiger partial charge in [-0.3, -0.25) is 4.98 Å². The van der Waals surface area contributed by atoms with Crippen molar-refractivity contribution in [2.45, 2.75) is 0 Å². The first kappa shape index (κ1) is 8.97. The fourth-order valence-electron chi connectivity index (χ4n) is 1.17. The van der Waals surface area contributed by atoms with Gasteiger partial charge >= 0.3 is 0 Å². The lowest BCUT2D eigenvalue weighted by Crippen LogP contribution is -1.81. The molecule has 2 rings (SSSR count). The third-order valence-electron chi connectivity index (χ3n) is 1.77. The van der Waals surface area contributed by atoms with E-state index in [0.717, 1.165) is 14.3 Å². The average molecular weight is 303 g/mol. The highest BCUT2D eigenvalue weighted by atomic mass is 79.9. The minimum absolute atomic E-state index is 0.194. The molecule has 0 saturated heterocycles. The first-order valence-electron chi connectivity index (χ1n) is 3.62. The van der Waals surface area contributed by atoms with Crippen LogP contribution in [0.1, 0.15) is 0 Å². The van der Waals surface area contributed by atoms with E-state index in [2.05, 4.69) is 36.8 Å². The predicted molar refractivity (Wildman–Crippen MR) is 58.8 cm³/mol. The van der Waals surface area contributed by atoms with E-state index in [1.807, 2.05) is 6.07 Å². The van der Waals surface area contributed by atoms with E-state index in [1.165, 1.54) is 0 Å². The summed E-state index contributed by atoms with van der Waals surface area (Å²) in [5.74, 6) is 0.194. The minimum atomic E-state index is 0.194. The van der Waals surface area contributed by atoms with Crippen LogP contribution >= 0.6 is 31.9 Å². The van der Waals surface area contributed by atoms with Crippen LogP contribution in [0.2, 0.25) is 0 Å². The summed E-state index contributed by atoms with van der Waals surface area (Å²) < 4.78 is 1.83. The molecule has 1 aromatic carbocycles. The Kier molecular flexibility index (Phi) is 2.26. The third-order valence-corrected chi connectivity index (χ3v) is 3.09. The van der Waals surface area contributed by atoms with Gasteiger partial charge in [-0.2, -0.15) is 0 Å². The molecule has 0 bridgehead atoms. The van der Waals surface area contributed by atoms with Crippen molar-refractivity contribution >= 4 is 42.8 Å². The van der Waals surface area contributed by atoms with Gasteiger partial charge < -0.3 is 5.11 Å².